The summed E-state index contributed by atoms with van der Waals surface area (Å²) in [6.07, 6.45) is 12.2. The normalized spacial score (nSPS) is 11.3. The summed E-state index contributed by atoms with van der Waals surface area (Å²) < 4.78 is 3.09. The van der Waals surface area contributed by atoms with Crippen LogP contribution in [0.5, 0.6) is 0 Å². The third-order valence-electron chi connectivity index (χ3n) is 7.44. The molecule has 2 N–H and O–H groups in total. The Bertz CT molecular complexity index is 1270. The Morgan fingerprint density at radius 3 is 1.40 bits per heavy atom. The summed E-state index contributed by atoms with van der Waals surface area (Å²) in [4.78, 5) is 21.4. The maximum absolute atomic E-state index is 10.9. The molecule has 0 aliphatic rings. The van der Waals surface area contributed by atoms with Crippen molar-refractivity contribution in [3.05, 3.63) is 84.9 Å². The topological polar surface area (TPSA) is 74.6 Å². The third-order valence-corrected chi connectivity index (χ3v) is 12.2. The van der Waals surface area contributed by atoms with Crippen LogP contribution in [0.25, 0.3) is 21.5 Å². The molecule has 0 bridgehead atoms. The van der Waals surface area contributed by atoms with Crippen LogP contribution in [0.4, 0.5) is 0 Å². The second-order valence-electron chi connectivity index (χ2n) is 10.9. The molecule has 4 nitrogen and oxygen atoms in total. The van der Waals surface area contributed by atoms with Crippen molar-refractivity contribution in [1.29, 1.82) is 0 Å². The maximum atomic E-state index is 10.9. The van der Waals surface area contributed by atoms with Crippen LogP contribution in [0, 0.1) is 5.92 Å². The molecule has 4 aromatic carbocycles. The summed E-state index contributed by atoms with van der Waals surface area (Å²) in [5.41, 5.74) is 0. The van der Waals surface area contributed by atoms with Crippen molar-refractivity contribution in [2.24, 2.45) is 5.92 Å². The Morgan fingerprint density at radius 2 is 1.00 bits per heavy atom. The first-order valence-electron chi connectivity index (χ1n) is 15.4. The van der Waals surface area contributed by atoms with Gasteiger partial charge >= 0.3 is 177 Å². The zero-order valence-electron chi connectivity index (χ0n) is 25.3. The summed E-state index contributed by atoms with van der Waals surface area (Å²) in [7, 11) is 0. The second kappa shape index (κ2) is 21.8. The summed E-state index contributed by atoms with van der Waals surface area (Å²) in [6.45, 7) is 2.22. The van der Waals surface area contributed by atoms with Crippen molar-refractivity contribution >= 4 is 39.6 Å². The van der Waals surface area contributed by atoms with E-state index in [1.807, 2.05) is 0 Å². The van der Waals surface area contributed by atoms with Crippen molar-refractivity contribution in [3.63, 3.8) is 0 Å². The van der Waals surface area contributed by atoms with Gasteiger partial charge in [0.2, 0.25) is 0 Å². The van der Waals surface area contributed by atoms with E-state index in [4.69, 9.17) is 10.2 Å². The Labute approximate surface area is 284 Å². The molecule has 4 rings (SSSR count). The van der Waals surface area contributed by atoms with Crippen molar-refractivity contribution < 1.29 is 72.0 Å². The Kier molecular flexibility index (Phi) is 18.9. The van der Waals surface area contributed by atoms with Crippen LogP contribution < -0.4 is 6.14 Å². The molecule has 0 saturated carbocycles. The van der Waals surface area contributed by atoms with Gasteiger partial charge in [-0.25, -0.2) is 0 Å². The molecule has 42 heavy (non-hydrogen) atoms. The Balaban J connectivity index is 0.000000235. The van der Waals surface area contributed by atoms with E-state index >= 15 is 0 Å². The van der Waals surface area contributed by atoms with E-state index in [0.717, 1.165) is 71.5 Å². The van der Waals surface area contributed by atoms with Crippen LogP contribution in [-0.4, -0.2) is 22.2 Å². The van der Waals surface area contributed by atoms with Crippen LogP contribution in [-0.2, 0) is 61.8 Å². The number of hydrogen-bond donors (Lipinski definition) is 2. The molecule has 0 saturated heterocycles. The van der Waals surface area contributed by atoms with Crippen molar-refractivity contribution in [1.82, 2.24) is 0 Å². The van der Waals surface area contributed by atoms with Gasteiger partial charge in [0.05, 0.1) is 12.3 Å². The molecule has 216 valence electrons. The van der Waals surface area contributed by atoms with E-state index in [-0.39, 0.29) is 6.42 Å². The first-order valence-corrected chi connectivity index (χ1v) is 20.9. The Hall–Kier alpha value is -1.79. The summed E-state index contributed by atoms with van der Waals surface area (Å²) >= 11 is 1.47. The molecule has 0 aromatic heterocycles. The number of hydrogen-bond acceptors (Lipinski definition) is 2. The number of unbranched alkanes of at least 4 members (excludes halogenated alkanes) is 9. The summed E-state index contributed by atoms with van der Waals surface area (Å²) in [6, 6.07) is 30.2. The van der Waals surface area contributed by atoms with Gasteiger partial charge in [0.25, 0.3) is 0 Å². The first kappa shape index (κ1) is 36.4. The minimum absolute atomic E-state index is 0.257. The molecule has 0 spiro atoms. The molecule has 0 radical (unpaired) electrons. The fraction of sp³-hybridized carbons (Fsp3) is 0.389. The average Bonchev–Trinajstić information content (AvgIpc) is 2.98. The monoisotopic (exact) mass is 944 g/mol. The predicted molar refractivity (Wildman–Crippen MR) is 167 cm³/mol. The van der Waals surface area contributed by atoms with Crippen LogP contribution in [0.15, 0.2) is 84.9 Å². The van der Waals surface area contributed by atoms with Crippen LogP contribution in [0.1, 0.15) is 84.0 Å². The van der Waals surface area contributed by atoms with Crippen molar-refractivity contribution in [2.45, 2.75) is 84.0 Å². The molecule has 1 unspecified atom stereocenters. The van der Waals surface area contributed by atoms with Gasteiger partial charge in [-0.05, 0) is 6.42 Å². The van der Waals surface area contributed by atoms with Gasteiger partial charge < -0.3 is 10.2 Å². The zero-order valence-corrected chi connectivity index (χ0v) is 36.3. The van der Waals surface area contributed by atoms with Gasteiger partial charge in [-0.3, -0.25) is 9.59 Å². The summed E-state index contributed by atoms with van der Waals surface area (Å²) in [5, 5.41) is 23.2. The van der Waals surface area contributed by atoms with Crippen molar-refractivity contribution in [2.75, 3.05) is 0 Å². The molecule has 0 aliphatic heterocycles. The molecular weight excluding hydrogens is 898 g/mol. The molecular formula is C36H44Hg2O4. The first-order chi connectivity index (χ1) is 20.3. The number of fused-ring (bicyclic) bond motifs is 2. The number of carboxylic acid groups (broad SMARTS) is 2. The van der Waals surface area contributed by atoms with Crippen LogP contribution in [0.2, 0.25) is 0 Å². The fourth-order valence-electron chi connectivity index (χ4n) is 4.99. The molecule has 1 atom stereocenters. The van der Waals surface area contributed by atoms with E-state index in [9.17, 15) is 9.59 Å². The van der Waals surface area contributed by atoms with E-state index < -0.39 is 17.9 Å². The van der Waals surface area contributed by atoms with E-state index in [2.05, 4.69) is 91.9 Å². The van der Waals surface area contributed by atoms with Gasteiger partial charge in [0, 0.05) is 0 Å². The second-order valence-corrected chi connectivity index (χ2v) is 16.8. The average molecular weight is 942 g/mol. The number of rotatable bonds is 14. The number of carboxylic acids is 2. The number of benzene rings is 4. The summed E-state index contributed by atoms with van der Waals surface area (Å²) in [5.74, 6) is -2.73. The zero-order chi connectivity index (χ0) is 30.6. The van der Waals surface area contributed by atoms with E-state index in [1.54, 1.807) is 6.14 Å². The van der Waals surface area contributed by atoms with Crippen LogP contribution in [0.3, 0.4) is 0 Å². The molecule has 0 amide bonds. The molecule has 0 fully saturated rings. The van der Waals surface area contributed by atoms with Gasteiger partial charge in [0.15, 0.2) is 0 Å². The van der Waals surface area contributed by atoms with Gasteiger partial charge in [-0.2, -0.15) is 0 Å². The molecule has 4 aromatic rings. The van der Waals surface area contributed by atoms with Gasteiger partial charge in [-0.15, -0.1) is 0 Å². The third kappa shape index (κ3) is 14.6. The van der Waals surface area contributed by atoms with Crippen LogP contribution >= 0.6 is 0 Å². The number of carbonyl (C=O) groups is 2. The quantitative estimate of drug-likeness (QED) is 0.0984. The van der Waals surface area contributed by atoms with Gasteiger partial charge in [0.1, 0.15) is 0 Å². The molecule has 0 aliphatic carbocycles. The minimum atomic E-state index is -1.02. The standard InChI is InChI=1S/C16H30O4.2C10H7.2Hg/c1-2-3-4-5-6-7-8-9-10-11-12-14(16(19)20)13-15(17)18;2*1-2-6-10-8-4-3-7-9(10)5-1;;/h14H,2-13H2,1H3,(H,17,18)(H,19,20);2*1-7H;;. The molecule has 0 heterocycles. The van der Waals surface area contributed by atoms with E-state index in [1.165, 1.54) is 66.5 Å². The molecule has 6 heteroatoms. The van der Waals surface area contributed by atoms with E-state index in [0.29, 0.717) is 6.42 Å². The Morgan fingerprint density at radius 1 is 0.595 bits per heavy atom. The van der Waals surface area contributed by atoms with Crippen molar-refractivity contribution in [3.8, 4) is 0 Å². The van der Waals surface area contributed by atoms with Gasteiger partial charge in [-0.1, -0.05) is 71.1 Å². The fourth-order valence-corrected chi connectivity index (χ4v) is 8.55. The SMILES string of the molecule is CCCCCCCCCCCCC(CC(=O)O)C(=O)O.[Hg][c]1cccc2ccccc12.[Hg][c]1cccc2ccccc12. The number of aliphatic carboxylic acids is 2. The predicted octanol–water partition coefficient (Wildman–Crippen LogP) is 8.50.